The zero-order valence-electron chi connectivity index (χ0n) is 19.6. The van der Waals surface area contributed by atoms with Crippen molar-refractivity contribution in [2.75, 3.05) is 12.4 Å². The molecule has 1 aromatic heterocycles. The van der Waals surface area contributed by atoms with Crippen LogP contribution in [-0.4, -0.2) is 23.9 Å². The predicted molar refractivity (Wildman–Crippen MR) is 132 cm³/mol. The SMILES string of the molecule is COc1ccc2nc(C(=O)C3C[C@@H]4C[C@@H](Nc5ccc(C)c(C#N)c5)C[C@@H]5CC4[C@H]35)ccc2c1. The number of nitriles is 1. The molecule has 4 aliphatic rings. The molecular formula is C29H29N3O2. The highest BCUT2D eigenvalue weighted by Gasteiger charge is 2.58. The van der Waals surface area contributed by atoms with Gasteiger partial charge >= 0.3 is 0 Å². The van der Waals surface area contributed by atoms with E-state index in [1.165, 1.54) is 6.42 Å². The summed E-state index contributed by atoms with van der Waals surface area (Å²) in [6, 6.07) is 18.4. The van der Waals surface area contributed by atoms with Gasteiger partial charge in [-0.2, -0.15) is 5.26 Å². The quantitative estimate of drug-likeness (QED) is 0.499. The van der Waals surface area contributed by atoms with E-state index in [2.05, 4.69) is 17.5 Å². The number of fused-ring (bicyclic) bond motifs is 3. The number of aromatic nitrogens is 1. The van der Waals surface area contributed by atoms with Gasteiger partial charge in [0.05, 0.1) is 24.3 Å². The van der Waals surface area contributed by atoms with Crippen LogP contribution in [0.5, 0.6) is 5.75 Å². The first-order valence-electron chi connectivity index (χ1n) is 12.3. The average molecular weight is 452 g/mol. The largest absolute Gasteiger partial charge is 0.497 e. The van der Waals surface area contributed by atoms with Crippen LogP contribution < -0.4 is 10.1 Å². The number of aryl methyl sites for hydroxylation is 1. The molecule has 0 saturated heterocycles. The van der Waals surface area contributed by atoms with Crippen molar-refractivity contribution in [2.45, 2.75) is 38.6 Å². The van der Waals surface area contributed by atoms with Gasteiger partial charge in [0.1, 0.15) is 11.4 Å². The number of methoxy groups -OCH3 is 1. The van der Waals surface area contributed by atoms with E-state index in [0.29, 0.717) is 35.4 Å². The number of hydrogen-bond donors (Lipinski definition) is 1. The molecule has 4 aliphatic carbocycles. The Kier molecular flexibility index (Phi) is 5.06. The molecule has 5 heteroatoms. The van der Waals surface area contributed by atoms with Crippen molar-refractivity contribution < 1.29 is 9.53 Å². The molecule has 34 heavy (non-hydrogen) atoms. The highest BCUT2D eigenvalue weighted by molar-refractivity contribution is 5.98. The summed E-state index contributed by atoms with van der Waals surface area (Å²) in [5, 5.41) is 14.1. The zero-order chi connectivity index (χ0) is 23.4. The molecule has 0 spiro atoms. The van der Waals surface area contributed by atoms with Crippen LogP contribution in [0.1, 0.15) is 47.3 Å². The van der Waals surface area contributed by atoms with Gasteiger partial charge < -0.3 is 10.1 Å². The molecule has 2 unspecified atom stereocenters. The molecule has 4 fully saturated rings. The van der Waals surface area contributed by atoms with Crippen LogP contribution in [0.15, 0.2) is 48.5 Å². The van der Waals surface area contributed by atoms with E-state index in [1.54, 1.807) is 7.11 Å². The van der Waals surface area contributed by atoms with Gasteiger partial charge in [0.25, 0.3) is 0 Å². The van der Waals surface area contributed by atoms with Crippen molar-refractivity contribution in [1.29, 1.82) is 5.26 Å². The highest BCUT2D eigenvalue weighted by atomic mass is 16.5. The minimum atomic E-state index is 0.0995. The van der Waals surface area contributed by atoms with Crippen LogP contribution >= 0.6 is 0 Å². The molecule has 0 radical (unpaired) electrons. The van der Waals surface area contributed by atoms with E-state index >= 15 is 0 Å². The Labute approximate surface area is 200 Å². The monoisotopic (exact) mass is 451 g/mol. The first-order chi connectivity index (χ1) is 16.5. The normalized spacial score (nSPS) is 29.1. The number of hydrogen-bond acceptors (Lipinski definition) is 5. The summed E-state index contributed by atoms with van der Waals surface area (Å²) in [7, 11) is 1.66. The smallest absolute Gasteiger partial charge is 0.184 e. The molecule has 4 saturated carbocycles. The number of pyridine rings is 1. The molecule has 3 aromatic rings. The Hall–Kier alpha value is -3.39. The molecule has 4 bridgehead atoms. The molecule has 6 atom stereocenters. The predicted octanol–water partition coefficient (Wildman–Crippen LogP) is 5.77. The number of benzene rings is 2. The van der Waals surface area contributed by atoms with E-state index in [4.69, 9.17) is 9.72 Å². The molecule has 1 heterocycles. The van der Waals surface area contributed by atoms with Gasteiger partial charge in [-0.3, -0.25) is 4.79 Å². The Morgan fingerprint density at radius 1 is 1.06 bits per heavy atom. The minimum Gasteiger partial charge on any atom is -0.497 e. The van der Waals surface area contributed by atoms with Gasteiger partial charge in [-0.1, -0.05) is 12.1 Å². The van der Waals surface area contributed by atoms with Crippen LogP contribution in [0.25, 0.3) is 10.9 Å². The number of nitrogens with one attached hydrogen (secondary N) is 1. The molecule has 7 rings (SSSR count). The lowest BCUT2D eigenvalue weighted by molar-refractivity contribution is 0.0491. The van der Waals surface area contributed by atoms with Crippen LogP contribution in [0.4, 0.5) is 5.69 Å². The third-order valence-electron chi connectivity index (χ3n) is 8.63. The lowest BCUT2D eigenvalue weighted by Gasteiger charge is -2.43. The first kappa shape index (κ1) is 21.2. The van der Waals surface area contributed by atoms with E-state index in [1.807, 2.05) is 49.4 Å². The Morgan fingerprint density at radius 2 is 1.91 bits per heavy atom. The molecule has 0 amide bonds. The summed E-state index contributed by atoms with van der Waals surface area (Å²) in [4.78, 5) is 18.3. The summed E-state index contributed by atoms with van der Waals surface area (Å²) in [5.41, 5.74) is 4.22. The standard InChI is InChI=1S/C29H29N3O2/c1-16-3-5-21(11-20(16)15-30)31-22-9-18-13-25(28-19(10-22)14-24(18)28)29(33)27-7-4-17-12-23(34-2)6-8-26(17)32-27/h3-8,11-12,18-19,22,24-25,28,31H,9-10,13-14H2,1-2H3/t18-,19+,22+,24?,25?,28+/m0/s1. The van der Waals surface area contributed by atoms with Gasteiger partial charge in [0.15, 0.2) is 5.78 Å². The second kappa shape index (κ2) is 8.13. The maximum absolute atomic E-state index is 13.6. The Bertz CT molecular complexity index is 1330. The van der Waals surface area contributed by atoms with Gasteiger partial charge in [0.2, 0.25) is 0 Å². The number of carbonyl (C=O) groups excluding carboxylic acids is 1. The number of ketones is 1. The van der Waals surface area contributed by atoms with Crippen molar-refractivity contribution in [3.8, 4) is 11.8 Å². The summed E-state index contributed by atoms with van der Waals surface area (Å²) in [6.45, 7) is 1.97. The molecule has 0 aliphatic heterocycles. The third kappa shape index (κ3) is 3.44. The van der Waals surface area contributed by atoms with Crippen molar-refractivity contribution >= 4 is 22.4 Å². The summed E-state index contributed by atoms with van der Waals surface area (Å²) < 4.78 is 5.31. The average Bonchev–Trinajstić information content (AvgIpc) is 2.94. The lowest BCUT2D eigenvalue weighted by Crippen LogP contribution is -2.40. The summed E-state index contributed by atoms with van der Waals surface area (Å²) in [6.07, 6.45) is 4.42. The maximum atomic E-state index is 13.6. The number of nitrogens with zero attached hydrogens (tertiary/aromatic N) is 2. The second-order valence-electron chi connectivity index (χ2n) is 10.4. The van der Waals surface area contributed by atoms with E-state index in [9.17, 15) is 10.1 Å². The fourth-order valence-electron chi connectivity index (χ4n) is 6.99. The molecule has 2 aromatic carbocycles. The van der Waals surface area contributed by atoms with Crippen LogP contribution in [0, 0.1) is 47.8 Å². The topological polar surface area (TPSA) is 75.0 Å². The number of anilines is 1. The van der Waals surface area contributed by atoms with Crippen LogP contribution in [0.2, 0.25) is 0 Å². The summed E-state index contributed by atoms with van der Waals surface area (Å²) >= 11 is 0. The van der Waals surface area contributed by atoms with Gasteiger partial charge in [-0.05, 0) is 98.2 Å². The molecule has 172 valence electrons. The van der Waals surface area contributed by atoms with E-state index < -0.39 is 0 Å². The number of rotatable bonds is 5. The maximum Gasteiger partial charge on any atom is 0.184 e. The van der Waals surface area contributed by atoms with Gasteiger partial charge in [-0.25, -0.2) is 4.98 Å². The van der Waals surface area contributed by atoms with Crippen molar-refractivity contribution in [3.05, 3.63) is 65.4 Å². The van der Waals surface area contributed by atoms with Crippen molar-refractivity contribution in [3.63, 3.8) is 0 Å². The number of Topliss-reactive ketones (excluding diaryl/α,β-unsaturated/α-hetero) is 1. The van der Waals surface area contributed by atoms with Gasteiger partial charge in [0, 0.05) is 23.0 Å². The number of ether oxygens (including phenoxy) is 1. The minimum absolute atomic E-state index is 0.0995. The molecular weight excluding hydrogens is 422 g/mol. The van der Waals surface area contributed by atoms with E-state index in [-0.39, 0.29) is 11.7 Å². The fourth-order valence-corrected chi connectivity index (χ4v) is 6.99. The molecule has 5 nitrogen and oxygen atoms in total. The van der Waals surface area contributed by atoms with Crippen molar-refractivity contribution in [1.82, 2.24) is 4.98 Å². The Balaban J connectivity index is 1.18. The van der Waals surface area contributed by atoms with Gasteiger partial charge in [-0.15, -0.1) is 0 Å². The first-order valence-corrected chi connectivity index (χ1v) is 12.3. The van der Waals surface area contributed by atoms with E-state index in [0.717, 1.165) is 52.7 Å². The second-order valence-corrected chi connectivity index (χ2v) is 10.4. The highest BCUT2D eigenvalue weighted by Crippen LogP contribution is 2.62. The summed E-state index contributed by atoms with van der Waals surface area (Å²) in [5.74, 6) is 3.46. The van der Waals surface area contributed by atoms with Crippen LogP contribution in [-0.2, 0) is 0 Å². The fraction of sp³-hybridized carbons (Fsp3) is 0.414. The number of carbonyl (C=O) groups is 1. The Morgan fingerprint density at radius 3 is 2.74 bits per heavy atom. The van der Waals surface area contributed by atoms with Crippen LogP contribution in [0.3, 0.4) is 0 Å². The third-order valence-corrected chi connectivity index (χ3v) is 8.63. The van der Waals surface area contributed by atoms with Crippen molar-refractivity contribution in [2.24, 2.45) is 29.6 Å². The lowest BCUT2D eigenvalue weighted by atomic mass is 9.61. The zero-order valence-corrected chi connectivity index (χ0v) is 19.6. The molecule has 1 N–H and O–H groups in total.